The van der Waals surface area contributed by atoms with Crippen LogP contribution in [-0.4, -0.2) is 28.0 Å². The molecule has 1 saturated heterocycles. The molecule has 0 spiro atoms. The summed E-state index contributed by atoms with van der Waals surface area (Å²) in [6.45, 7) is 8.56. The Kier molecular flexibility index (Phi) is 5.63. The van der Waals surface area contributed by atoms with Crippen LogP contribution in [0.3, 0.4) is 0 Å². The second-order valence-electron chi connectivity index (χ2n) is 8.37. The minimum atomic E-state index is -3.78. The Bertz CT molecular complexity index is 1040. The number of hydrogen-bond acceptors (Lipinski definition) is 4. The number of ether oxygens (including phenoxy) is 1. The molecule has 2 aromatic rings. The van der Waals surface area contributed by atoms with E-state index in [1.165, 1.54) is 7.11 Å². The van der Waals surface area contributed by atoms with Gasteiger partial charge in [0.05, 0.1) is 23.4 Å². The molecule has 0 saturated carbocycles. The third-order valence-corrected chi connectivity index (χ3v) is 6.66. The van der Waals surface area contributed by atoms with Crippen LogP contribution in [-0.2, 0) is 20.2 Å². The van der Waals surface area contributed by atoms with E-state index in [0.717, 1.165) is 12.0 Å². The predicted molar refractivity (Wildman–Crippen MR) is 115 cm³/mol. The van der Waals surface area contributed by atoms with Gasteiger partial charge < -0.3 is 9.64 Å². The van der Waals surface area contributed by atoms with Gasteiger partial charge in [-0.25, -0.2) is 8.42 Å². The van der Waals surface area contributed by atoms with Crippen molar-refractivity contribution in [1.29, 1.82) is 0 Å². The van der Waals surface area contributed by atoms with E-state index in [0.29, 0.717) is 35.7 Å². The van der Waals surface area contributed by atoms with Crippen LogP contribution in [0.5, 0.6) is 5.75 Å². The number of sulfonamides is 1. The molecule has 0 unspecified atom stereocenters. The number of rotatable bonds is 5. The van der Waals surface area contributed by atoms with E-state index in [2.05, 4.69) is 4.72 Å². The molecule has 1 amide bonds. The van der Waals surface area contributed by atoms with Crippen LogP contribution in [0, 0.1) is 6.92 Å². The molecule has 0 aliphatic carbocycles. The quantitative estimate of drug-likeness (QED) is 0.791. The van der Waals surface area contributed by atoms with Crippen molar-refractivity contribution in [3.63, 3.8) is 0 Å². The highest BCUT2D eigenvalue weighted by Crippen LogP contribution is 2.35. The maximum Gasteiger partial charge on any atom is 0.262 e. The Labute approximate surface area is 172 Å². The normalized spacial score (nSPS) is 14.9. The predicted octanol–water partition coefficient (Wildman–Crippen LogP) is 4.23. The summed E-state index contributed by atoms with van der Waals surface area (Å²) in [7, 11) is -2.27. The molecule has 6 nitrogen and oxygen atoms in total. The number of carbonyl (C=O) groups is 1. The van der Waals surface area contributed by atoms with Gasteiger partial charge in [-0.3, -0.25) is 9.52 Å². The Hall–Kier alpha value is -2.54. The maximum atomic E-state index is 13.1. The number of benzene rings is 2. The minimum Gasteiger partial charge on any atom is -0.494 e. The molecule has 156 valence electrons. The average molecular weight is 417 g/mol. The SMILES string of the molecule is COc1cc(NS(=O)(=O)c2cc(C(C)(C)C)ccc2C)ccc1N1CCCC1=O. The number of nitrogens with zero attached hydrogens (tertiary/aromatic N) is 1. The first-order valence-corrected chi connectivity index (χ1v) is 11.1. The van der Waals surface area contributed by atoms with E-state index < -0.39 is 10.0 Å². The summed E-state index contributed by atoms with van der Waals surface area (Å²) in [6.07, 6.45) is 1.32. The van der Waals surface area contributed by atoms with Crippen LogP contribution in [0.15, 0.2) is 41.3 Å². The molecular weight excluding hydrogens is 388 g/mol. The number of methoxy groups -OCH3 is 1. The van der Waals surface area contributed by atoms with E-state index in [1.54, 1.807) is 36.1 Å². The van der Waals surface area contributed by atoms with Crippen molar-refractivity contribution < 1.29 is 17.9 Å². The number of hydrogen-bond donors (Lipinski definition) is 1. The lowest BCUT2D eigenvalue weighted by atomic mass is 9.87. The van der Waals surface area contributed by atoms with Crippen molar-refractivity contribution in [3.05, 3.63) is 47.5 Å². The first kappa shape index (κ1) is 21.2. The zero-order valence-electron chi connectivity index (χ0n) is 17.6. The fourth-order valence-electron chi connectivity index (χ4n) is 3.43. The molecule has 0 radical (unpaired) electrons. The highest BCUT2D eigenvalue weighted by atomic mass is 32.2. The van der Waals surface area contributed by atoms with Gasteiger partial charge in [-0.2, -0.15) is 0 Å². The molecule has 1 aliphatic heterocycles. The number of aryl methyl sites for hydroxylation is 1. The summed E-state index contributed by atoms with van der Waals surface area (Å²) in [5.41, 5.74) is 2.51. The third-order valence-electron chi connectivity index (χ3n) is 5.14. The summed E-state index contributed by atoms with van der Waals surface area (Å²) in [5.74, 6) is 0.506. The van der Waals surface area contributed by atoms with Gasteiger partial charge in [0.15, 0.2) is 0 Å². The smallest absolute Gasteiger partial charge is 0.262 e. The van der Waals surface area contributed by atoms with Crippen molar-refractivity contribution >= 4 is 27.3 Å². The second-order valence-corrected chi connectivity index (χ2v) is 10.0. The van der Waals surface area contributed by atoms with Crippen molar-refractivity contribution in [2.75, 3.05) is 23.3 Å². The number of anilines is 2. The van der Waals surface area contributed by atoms with Gasteiger partial charge in [0, 0.05) is 19.0 Å². The Morgan fingerprint density at radius 2 is 1.83 bits per heavy atom. The van der Waals surface area contributed by atoms with Gasteiger partial charge in [-0.15, -0.1) is 0 Å². The van der Waals surface area contributed by atoms with Crippen molar-refractivity contribution in [2.24, 2.45) is 0 Å². The zero-order chi connectivity index (χ0) is 21.4. The standard InChI is InChI=1S/C22H28N2O4S/c1-15-8-9-16(22(2,3)4)13-20(15)29(26,27)23-17-10-11-18(19(14-17)28-5)24-12-6-7-21(24)25/h8-11,13-14,23H,6-7,12H2,1-5H3. The fraction of sp³-hybridized carbons (Fsp3) is 0.409. The summed E-state index contributed by atoms with van der Waals surface area (Å²) in [6, 6.07) is 10.5. The molecule has 0 aromatic heterocycles. The summed E-state index contributed by atoms with van der Waals surface area (Å²) >= 11 is 0. The molecule has 29 heavy (non-hydrogen) atoms. The van der Waals surface area contributed by atoms with E-state index in [-0.39, 0.29) is 16.2 Å². The lowest BCUT2D eigenvalue weighted by molar-refractivity contribution is -0.117. The van der Waals surface area contributed by atoms with Gasteiger partial charge in [-0.05, 0) is 48.1 Å². The molecule has 3 rings (SSSR count). The van der Waals surface area contributed by atoms with Crippen LogP contribution < -0.4 is 14.4 Å². The first-order valence-electron chi connectivity index (χ1n) is 9.65. The summed E-state index contributed by atoms with van der Waals surface area (Å²) in [5, 5.41) is 0. The lowest BCUT2D eigenvalue weighted by Crippen LogP contribution is -2.24. The molecule has 1 fully saturated rings. The van der Waals surface area contributed by atoms with Crippen LogP contribution in [0.25, 0.3) is 0 Å². The monoisotopic (exact) mass is 416 g/mol. The van der Waals surface area contributed by atoms with Gasteiger partial charge in [0.1, 0.15) is 5.75 Å². The number of amides is 1. The highest BCUT2D eigenvalue weighted by Gasteiger charge is 2.26. The zero-order valence-corrected chi connectivity index (χ0v) is 18.4. The largest absolute Gasteiger partial charge is 0.494 e. The summed E-state index contributed by atoms with van der Waals surface area (Å²) < 4.78 is 34.2. The van der Waals surface area contributed by atoms with Gasteiger partial charge in [0.2, 0.25) is 5.91 Å². The van der Waals surface area contributed by atoms with Gasteiger partial charge in [-0.1, -0.05) is 32.9 Å². The molecule has 0 atom stereocenters. The van der Waals surface area contributed by atoms with Crippen LogP contribution in [0.1, 0.15) is 44.7 Å². The Morgan fingerprint density at radius 1 is 1.10 bits per heavy atom. The fourth-order valence-corrected chi connectivity index (χ4v) is 4.75. The van der Waals surface area contributed by atoms with Crippen LogP contribution >= 0.6 is 0 Å². The topological polar surface area (TPSA) is 75.7 Å². The van der Waals surface area contributed by atoms with Crippen molar-refractivity contribution in [2.45, 2.75) is 50.8 Å². The molecule has 1 heterocycles. The number of carbonyl (C=O) groups excluding carboxylic acids is 1. The molecular formula is C22H28N2O4S. The first-order chi connectivity index (χ1) is 13.5. The number of nitrogens with one attached hydrogen (secondary N) is 1. The van der Waals surface area contributed by atoms with Crippen LogP contribution in [0.4, 0.5) is 11.4 Å². The minimum absolute atomic E-state index is 0.0475. The van der Waals surface area contributed by atoms with E-state index in [9.17, 15) is 13.2 Å². The molecule has 1 aliphatic rings. The Morgan fingerprint density at radius 3 is 2.41 bits per heavy atom. The molecule has 1 N–H and O–H groups in total. The highest BCUT2D eigenvalue weighted by molar-refractivity contribution is 7.92. The second kappa shape index (κ2) is 7.71. The average Bonchev–Trinajstić information content (AvgIpc) is 3.06. The molecule has 7 heteroatoms. The Balaban J connectivity index is 1.94. The van der Waals surface area contributed by atoms with E-state index >= 15 is 0 Å². The lowest BCUT2D eigenvalue weighted by Gasteiger charge is -2.22. The maximum absolute atomic E-state index is 13.1. The molecule has 2 aromatic carbocycles. The van der Waals surface area contributed by atoms with Crippen molar-refractivity contribution in [1.82, 2.24) is 0 Å². The van der Waals surface area contributed by atoms with Crippen LogP contribution in [0.2, 0.25) is 0 Å². The van der Waals surface area contributed by atoms with E-state index in [1.807, 2.05) is 32.9 Å². The summed E-state index contributed by atoms with van der Waals surface area (Å²) in [4.78, 5) is 14.0. The molecule has 0 bridgehead atoms. The van der Waals surface area contributed by atoms with Gasteiger partial charge >= 0.3 is 0 Å². The van der Waals surface area contributed by atoms with E-state index in [4.69, 9.17) is 4.74 Å². The third kappa shape index (κ3) is 4.40. The van der Waals surface area contributed by atoms with Crippen molar-refractivity contribution in [3.8, 4) is 5.75 Å². The van der Waals surface area contributed by atoms with Gasteiger partial charge in [0.25, 0.3) is 10.0 Å².